The summed E-state index contributed by atoms with van der Waals surface area (Å²) in [7, 11) is 0. The highest BCUT2D eigenvalue weighted by Crippen LogP contribution is 2.32. The second-order valence-corrected chi connectivity index (χ2v) is 7.33. The highest BCUT2D eigenvalue weighted by atomic mass is 32.1. The van der Waals surface area contributed by atoms with Crippen LogP contribution in [0.1, 0.15) is 26.8 Å². The van der Waals surface area contributed by atoms with Gasteiger partial charge in [-0.25, -0.2) is 4.98 Å². The van der Waals surface area contributed by atoms with E-state index in [1.807, 2.05) is 24.4 Å². The first-order valence-corrected chi connectivity index (χ1v) is 9.42. The first-order chi connectivity index (χ1) is 13.8. The molecule has 1 amide bonds. The summed E-state index contributed by atoms with van der Waals surface area (Å²) in [5, 5.41) is 8.20. The molecule has 0 spiro atoms. The fourth-order valence-electron chi connectivity index (χ4n) is 2.70. The summed E-state index contributed by atoms with van der Waals surface area (Å²) in [6, 6.07) is 11.5. The van der Waals surface area contributed by atoms with Crippen molar-refractivity contribution in [3.8, 4) is 11.3 Å². The number of fused-ring (bicyclic) bond motifs is 1. The number of aromatic nitrogens is 4. The quantitative estimate of drug-likeness (QED) is 0.543. The third-order valence-corrected chi connectivity index (χ3v) is 5.03. The molecule has 0 unspecified atom stereocenters. The van der Waals surface area contributed by atoms with Crippen LogP contribution in [0, 0.1) is 6.92 Å². The van der Waals surface area contributed by atoms with Gasteiger partial charge in [0.2, 0.25) is 5.82 Å². The van der Waals surface area contributed by atoms with Gasteiger partial charge in [-0.15, -0.1) is 16.4 Å². The van der Waals surface area contributed by atoms with E-state index in [0.29, 0.717) is 10.1 Å². The standard InChI is InChI=1S/C19H14F3N5OS/c1-11-4-6-12(7-5-11)14-9-15(19(20,21)22)27-18(24-14)25-16(26-27)17(28)23-10-13-3-2-8-29-13/h2-9H,10H2,1H3,(H,23,28). The Morgan fingerprint density at radius 2 is 1.93 bits per heavy atom. The van der Waals surface area contributed by atoms with Crippen LogP contribution in [0.4, 0.5) is 13.2 Å². The van der Waals surface area contributed by atoms with Crippen molar-refractivity contribution in [2.24, 2.45) is 0 Å². The number of amides is 1. The molecule has 4 aromatic rings. The Balaban J connectivity index is 1.73. The highest BCUT2D eigenvalue weighted by molar-refractivity contribution is 7.09. The number of alkyl halides is 3. The number of thiophene rings is 1. The molecule has 148 valence electrons. The van der Waals surface area contributed by atoms with Gasteiger partial charge >= 0.3 is 6.18 Å². The van der Waals surface area contributed by atoms with Crippen molar-refractivity contribution in [3.63, 3.8) is 0 Å². The van der Waals surface area contributed by atoms with E-state index in [4.69, 9.17) is 0 Å². The van der Waals surface area contributed by atoms with Crippen LogP contribution in [0.15, 0.2) is 47.8 Å². The van der Waals surface area contributed by atoms with Crippen molar-refractivity contribution in [3.05, 3.63) is 69.8 Å². The van der Waals surface area contributed by atoms with Crippen molar-refractivity contribution >= 4 is 23.0 Å². The third-order valence-electron chi connectivity index (χ3n) is 4.16. The smallest absolute Gasteiger partial charge is 0.344 e. The summed E-state index contributed by atoms with van der Waals surface area (Å²) in [5.74, 6) is -1.34. The van der Waals surface area contributed by atoms with Crippen LogP contribution in [0.25, 0.3) is 17.0 Å². The van der Waals surface area contributed by atoms with Gasteiger partial charge < -0.3 is 5.32 Å². The number of rotatable bonds is 4. The van der Waals surface area contributed by atoms with Gasteiger partial charge in [-0.1, -0.05) is 35.9 Å². The molecule has 10 heteroatoms. The summed E-state index contributed by atoms with van der Waals surface area (Å²) in [4.78, 5) is 21.3. The third kappa shape index (κ3) is 3.97. The molecule has 0 fully saturated rings. The summed E-state index contributed by atoms with van der Waals surface area (Å²) >= 11 is 1.45. The van der Waals surface area contributed by atoms with Crippen LogP contribution < -0.4 is 5.32 Å². The van der Waals surface area contributed by atoms with Crippen molar-refractivity contribution in [1.82, 2.24) is 24.9 Å². The average molecular weight is 417 g/mol. The van der Waals surface area contributed by atoms with Gasteiger partial charge in [0.05, 0.1) is 12.2 Å². The zero-order valence-electron chi connectivity index (χ0n) is 15.1. The van der Waals surface area contributed by atoms with Crippen LogP contribution >= 0.6 is 11.3 Å². The van der Waals surface area contributed by atoms with Gasteiger partial charge in [0.15, 0.2) is 5.69 Å². The van der Waals surface area contributed by atoms with Crippen LogP contribution in [0.3, 0.4) is 0 Å². The Morgan fingerprint density at radius 3 is 2.59 bits per heavy atom. The van der Waals surface area contributed by atoms with E-state index < -0.39 is 17.8 Å². The topological polar surface area (TPSA) is 72.2 Å². The number of nitrogens with zero attached hydrogens (tertiary/aromatic N) is 4. The summed E-state index contributed by atoms with van der Waals surface area (Å²) in [6.45, 7) is 2.11. The molecule has 29 heavy (non-hydrogen) atoms. The Labute approximate surface area is 167 Å². The minimum atomic E-state index is -4.70. The SMILES string of the molecule is Cc1ccc(-c2cc(C(F)(F)F)n3nc(C(=O)NCc4cccs4)nc3n2)cc1. The van der Waals surface area contributed by atoms with Gasteiger partial charge in [-0.3, -0.25) is 4.79 Å². The van der Waals surface area contributed by atoms with Crippen LogP contribution in [-0.4, -0.2) is 25.5 Å². The molecule has 3 heterocycles. The molecule has 6 nitrogen and oxygen atoms in total. The maximum Gasteiger partial charge on any atom is 0.433 e. The molecular formula is C19H14F3N5OS. The lowest BCUT2D eigenvalue weighted by Gasteiger charge is -2.10. The predicted octanol–water partition coefficient (Wildman–Crippen LogP) is 4.11. The average Bonchev–Trinajstić information content (AvgIpc) is 3.34. The van der Waals surface area contributed by atoms with E-state index in [1.165, 1.54) is 11.3 Å². The number of benzene rings is 1. The van der Waals surface area contributed by atoms with E-state index in [-0.39, 0.29) is 23.8 Å². The number of halogens is 3. The molecule has 0 saturated heterocycles. The second-order valence-electron chi connectivity index (χ2n) is 6.30. The monoisotopic (exact) mass is 417 g/mol. The van der Waals surface area contributed by atoms with Crippen molar-refractivity contribution < 1.29 is 18.0 Å². The van der Waals surface area contributed by atoms with E-state index in [9.17, 15) is 18.0 Å². The van der Waals surface area contributed by atoms with Crippen LogP contribution in [0.5, 0.6) is 0 Å². The van der Waals surface area contributed by atoms with E-state index >= 15 is 0 Å². The normalized spacial score (nSPS) is 11.7. The molecule has 0 saturated carbocycles. The lowest BCUT2D eigenvalue weighted by atomic mass is 10.1. The molecule has 1 N–H and O–H groups in total. The van der Waals surface area contributed by atoms with E-state index in [2.05, 4.69) is 20.4 Å². The molecule has 4 rings (SSSR count). The predicted molar refractivity (Wildman–Crippen MR) is 101 cm³/mol. The zero-order valence-corrected chi connectivity index (χ0v) is 15.9. The number of nitrogens with one attached hydrogen (secondary N) is 1. The summed E-state index contributed by atoms with van der Waals surface area (Å²) in [6.07, 6.45) is -4.70. The summed E-state index contributed by atoms with van der Waals surface area (Å²) < 4.78 is 41.4. The Morgan fingerprint density at radius 1 is 1.17 bits per heavy atom. The number of carbonyl (C=O) groups excluding carboxylic acids is 1. The maximum absolute atomic E-state index is 13.6. The lowest BCUT2D eigenvalue weighted by molar-refractivity contribution is -0.142. The van der Waals surface area contributed by atoms with Gasteiger partial charge in [-0.2, -0.15) is 22.7 Å². The number of hydrogen-bond donors (Lipinski definition) is 1. The molecule has 0 radical (unpaired) electrons. The minimum absolute atomic E-state index is 0.0998. The number of aryl methyl sites for hydroxylation is 1. The first-order valence-electron chi connectivity index (χ1n) is 8.54. The molecule has 0 bridgehead atoms. The van der Waals surface area contributed by atoms with Gasteiger partial charge in [-0.05, 0) is 24.4 Å². The highest BCUT2D eigenvalue weighted by Gasteiger charge is 2.36. The van der Waals surface area contributed by atoms with E-state index in [0.717, 1.165) is 16.5 Å². The Hall–Kier alpha value is -3.27. The number of hydrogen-bond acceptors (Lipinski definition) is 5. The summed E-state index contributed by atoms with van der Waals surface area (Å²) in [5.41, 5.74) is 0.527. The fraction of sp³-hybridized carbons (Fsp3) is 0.158. The molecular weight excluding hydrogens is 403 g/mol. The molecule has 0 aliphatic heterocycles. The Kier molecular flexibility index (Phi) is 4.79. The number of carbonyl (C=O) groups is 1. The largest absolute Gasteiger partial charge is 0.433 e. The van der Waals surface area contributed by atoms with Crippen LogP contribution in [-0.2, 0) is 12.7 Å². The lowest BCUT2D eigenvalue weighted by Crippen LogP contribution is -2.23. The maximum atomic E-state index is 13.6. The van der Waals surface area contributed by atoms with E-state index in [1.54, 1.807) is 24.3 Å². The second kappa shape index (κ2) is 7.28. The zero-order chi connectivity index (χ0) is 20.6. The van der Waals surface area contributed by atoms with Gasteiger partial charge in [0.1, 0.15) is 0 Å². The van der Waals surface area contributed by atoms with Crippen molar-refractivity contribution in [1.29, 1.82) is 0 Å². The fourth-order valence-corrected chi connectivity index (χ4v) is 3.34. The van der Waals surface area contributed by atoms with Crippen LogP contribution in [0.2, 0.25) is 0 Å². The molecule has 0 aliphatic carbocycles. The molecule has 0 atom stereocenters. The minimum Gasteiger partial charge on any atom is -0.344 e. The van der Waals surface area contributed by atoms with Crippen molar-refractivity contribution in [2.45, 2.75) is 19.6 Å². The molecule has 3 aromatic heterocycles. The van der Waals surface area contributed by atoms with Gasteiger partial charge in [0, 0.05) is 10.4 Å². The Bertz CT molecular complexity index is 1170. The molecule has 0 aliphatic rings. The first kappa shape index (κ1) is 19.1. The van der Waals surface area contributed by atoms with Crippen molar-refractivity contribution in [2.75, 3.05) is 0 Å². The van der Waals surface area contributed by atoms with Gasteiger partial charge in [0.25, 0.3) is 11.7 Å². The molecule has 1 aromatic carbocycles.